The third-order valence-electron chi connectivity index (χ3n) is 5.44. The van der Waals surface area contributed by atoms with Crippen LogP contribution in [0.15, 0.2) is 78.4 Å². The zero-order valence-electron chi connectivity index (χ0n) is 17.6. The largest absolute Gasteiger partial charge is 0.507 e. The summed E-state index contributed by atoms with van der Waals surface area (Å²) in [5.74, 6) is -1.46. The molecule has 1 aliphatic rings. The van der Waals surface area contributed by atoms with Gasteiger partial charge < -0.3 is 9.84 Å². The highest BCUT2D eigenvalue weighted by Crippen LogP contribution is 2.43. The smallest absolute Gasteiger partial charge is 0.300 e. The maximum absolute atomic E-state index is 13.2. The normalized spacial score (nSPS) is 17.3. The van der Waals surface area contributed by atoms with Gasteiger partial charge in [-0.25, -0.2) is 0 Å². The Kier molecular flexibility index (Phi) is 5.48. The van der Waals surface area contributed by atoms with Gasteiger partial charge in [-0.3, -0.25) is 14.5 Å². The van der Waals surface area contributed by atoms with Gasteiger partial charge in [0, 0.05) is 5.69 Å². The lowest BCUT2D eigenvalue weighted by Gasteiger charge is -2.26. The molecule has 0 radical (unpaired) electrons. The molecule has 1 N–H and O–H groups in total. The van der Waals surface area contributed by atoms with Gasteiger partial charge in [0.25, 0.3) is 11.7 Å². The number of carbonyl (C=O) groups is 2. The summed E-state index contributed by atoms with van der Waals surface area (Å²) in [5.41, 5.74) is 2.83. The Morgan fingerprint density at radius 3 is 2.41 bits per heavy atom. The zero-order valence-corrected chi connectivity index (χ0v) is 17.6. The van der Waals surface area contributed by atoms with Crippen LogP contribution in [0.1, 0.15) is 28.3 Å². The number of carbonyl (C=O) groups excluding carboxylic acids is 2. The van der Waals surface area contributed by atoms with E-state index in [1.54, 1.807) is 48.5 Å². The SMILES string of the molecule is COc1ccccc1/C(O)=C1/C(=O)C(=O)N(c2ccc(C#N)cc2)C1c1cccc(C)c1. The Morgan fingerprint density at radius 1 is 1.03 bits per heavy atom. The van der Waals surface area contributed by atoms with Crippen LogP contribution in [-0.2, 0) is 9.59 Å². The molecule has 0 bridgehead atoms. The van der Waals surface area contributed by atoms with Gasteiger partial charge in [-0.15, -0.1) is 0 Å². The van der Waals surface area contributed by atoms with E-state index in [9.17, 15) is 14.7 Å². The number of para-hydroxylation sites is 1. The summed E-state index contributed by atoms with van der Waals surface area (Å²) in [6.45, 7) is 1.91. The molecule has 0 aliphatic carbocycles. The fraction of sp³-hybridized carbons (Fsp3) is 0.115. The monoisotopic (exact) mass is 424 g/mol. The Labute approximate surface area is 185 Å². The van der Waals surface area contributed by atoms with Crippen molar-refractivity contribution in [2.24, 2.45) is 0 Å². The number of rotatable bonds is 4. The van der Waals surface area contributed by atoms with E-state index in [1.807, 2.05) is 37.3 Å². The van der Waals surface area contributed by atoms with E-state index in [0.717, 1.165) is 5.56 Å². The molecule has 3 aromatic carbocycles. The molecule has 4 rings (SSSR count). The second-order valence-corrected chi connectivity index (χ2v) is 7.44. The first-order valence-corrected chi connectivity index (χ1v) is 9.97. The molecular formula is C26H20N2O4. The Hall–Kier alpha value is -4.37. The van der Waals surface area contributed by atoms with Crippen LogP contribution in [0, 0.1) is 18.3 Å². The predicted octanol–water partition coefficient (Wildman–Crippen LogP) is 4.50. The molecule has 158 valence electrons. The number of aryl methyl sites for hydroxylation is 1. The van der Waals surface area contributed by atoms with E-state index in [0.29, 0.717) is 28.1 Å². The van der Waals surface area contributed by atoms with Crippen molar-refractivity contribution in [3.8, 4) is 11.8 Å². The van der Waals surface area contributed by atoms with Gasteiger partial charge in [-0.05, 0) is 48.9 Å². The summed E-state index contributed by atoms with van der Waals surface area (Å²) >= 11 is 0. The topological polar surface area (TPSA) is 90.6 Å². The maximum atomic E-state index is 13.2. The molecule has 32 heavy (non-hydrogen) atoms. The minimum atomic E-state index is -0.840. The van der Waals surface area contributed by atoms with E-state index < -0.39 is 17.7 Å². The highest BCUT2D eigenvalue weighted by Gasteiger charge is 2.47. The second kappa shape index (κ2) is 8.40. The van der Waals surface area contributed by atoms with Gasteiger partial charge in [0.15, 0.2) is 0 Å². The van der Waals surface area contributed by atoms with E-state index in [1.165, 1.54) is 12.0 Å². The van der Waals surface area contributed by atoms with Crippen molar-refractivity contribution in [1.29, 1.82) is 5.26 Å². The molecule has 1 fully saturated rings. The van der Waals surface area contributed by atoms with Crippen molar-refractivity contribution in [3.63, 3.8) is 0 Å². The van der Waals surface area contributed by atoms with E-state index >= 15 is 0 Å². The summed E-state index contributed by atoms with van der Waals surface area (Å²) in [5, 5.41) is 20.3. The van der Waals surface area contributed by atoms with Crippen LogP contribution < -0.4 is 9.64 Å². The first-order chi connectivity index (χ1) is 15.5. The van der Waals surface area contributed by atoms with Crippen LogP contribution in [0.4, 0.5) is 5.69 Å². The molecule has 1 saturated heterocycles. The molecule has 0 spiro atoms. The first kappa shape index (κ1) is 20.9. The quantitative estimate of drug-likeness (QED) is 0.378. The fourth-order valence-electron chi connectivity index (χ4n) is 3.94. The van der Waals surface area contributed by atoms with Gasteiger partial charge in [0.2, 0.25) is 0 Å². The lowest BCUT2D eigenvalue weighted by Crippen LogP contribution is -2.29. The Bertz CT molecular complexity index is 1290. The van der Waals surface area contributed by atoms with Crippen LogP contribution in [0.25, 0.3) is 5.76 Å². The fourth-order valence-corrected chi connectivity index (χ4v) is 3.94. The number of aliphatic hydroxyl groups excluding tert-OH is 1. The summed E-state index contributed by atoms with van der Waals surface area (Å²) < 4.78 is 5.35. The third kappa shape index (κ3) is 3.50. The summed E-state index contributed by atoms with van der Waals surface area (Å²) in [4.78, 5) is 27.7. The van der Waals surface area contributed by atoms with Gasteiger partial charge >= 0.3 is 0 Å². The van der Waals surface area contributed by atoms with Crippen molar-refractivity contribution in [2.75, 3.05) is 12.0 Å². The number of hydrogen-bond donors (Lipinski definition) is 1. The molecule has 1 unspecified atom stereocenters. The Balaban J connectivity index is 1.97. The average molecular weight is 424 g/mol. The summed E-state index contributed by atoms with van der Waals surface area (Å²) in [7, 11) is 1.47. The molecule has 1 atom stereocenters. The van der Waals surface area contributed by atoms with Crippen molar-refractivity contribution in [1.82, 2.24) is 0 Å². The van der Waals surface area contributed by atoms with Crippen molar-refractivity contribution in [3.05, 3.63) is 101 Å². The third-order valence-corrected chi connectivity index (χ3v) is 5.44. The standard InChI is InChI=1S/C26H20N2O4/c1-16-6-5-7-18(14-16)23-22(24(29)20-8-3-4-9-21(20)32-2)25(30)26(31)28(23)19-12-10-17(15-27)11-13-19/h3-14,23,29H,1-2H3/b24-22-. The number of Topliss-reactive ketones (excluding diaryl/α,β-unsaturated/α-hetero) is 1. The summed E-state index contributed by atoms with van der Waals surface area (Å²) in [6.07, 6.45) is 0. The maximum Gasteiger partial charge on any atom is 0.300 e. The van der Waals surface area contributed by atoms with Gasteiger partial charge in [-0.1, -0.05) is 42.0 Å². The number of nitrogens with zero attached hydrogens (tertiary/aromatic N) is 2. The second-order valence-electron chi connectivity index (χ2n) is 7.44. The number of anilines is 1. The minimum absolute atomic E-state index is 0.0190. The Morgan fingerprint density at radius 2 is 1.75 bits per heavy atom. The molecule has 1 aliphatic heterocycles. The predicted molar refractivity (Wildman–Crippen MR) is 120 cm³/mol. The molecule has 6 nitrogen and oxygen atoms in total. The number of benzene rings is 3. The molecule has 0 saturated carbocycles. The van der Waals surface area contributed by atoms with Crippen LogP contribution in [0.2, 0.25) is 0 Å². The lowest BCUT2D eigenvalue weighted by atomic mass is 9.94. The number of ketones is 1. The number of amides is 1. The minimum Gasteiger partial charge on any atom is -0.507 e. The molecule has 6 heteroatoms. The van der Waals surface area contributed by atoms with Crippen LogP contribution in [0.5, 0.6) is 5.75 Å². The first-order valence-electron chi connectivity index (χ1n) is 9.97. The number of hydrogen-bond acceptors (Lipinski definition) is 5. The van der Waals surface area contributed by atoms with E-state index in [4.69, 9.17) is 10.00 Å². The van der Waals surface area contributed by atoms with Crippen molar-refractivity contribution in [2.45, 2.75) is 13.0 Å². The molecule has 3 aromatic rings. The van der Waals surface area contributed by atoms with Crippen molar-refractivity contribution >= 4 is 23.1 Å². The summed E-state index contributed by atoms with van der Waals surface area (Å²) in [6, 6.07) is 21.8. The molecular weight excluding hydrogens is 404 g/mol. The highest BCUT2D eigenvalue weighted by molar-refractivity contribution is 6.51. The zero-order chi connectivity index (χ0) is 22.8. The van der Waals surface area contributed by atoms with Gasteiger partial charge in [0.05, 0.1) is 35.9 Å². The highest BCUT2D eigenvalue weighted by atomic mass is 16.5. The van der Waals surface area contributed by atoms with Crippen LogP contribution in [0.3, 0.4) is 0 Å². The van der Waals surface area contributed by atoms with Crippen LogP contribution >= 0.6 is 0 Å². The van der Waals surface area contributed by atoms with Gasteiger partial charge in [0.1, 0.15) is 11.5 Å². The van der Waals surface area contributed by atoms with E-state index in [2.05, 4.69) is 0 Å². The molecule has 1 amide bonds. The number of aliphatic hydroxyl groups is 1. The lowest BCUT2D eigenvalue weighted by molar-refractivity contribution is -0.132. The number of nitriles is 1. The van der Waals surface area contributed by atoms with E-state index in [-0.39, 0.29) is 11.3 Å². The molecule has 1 heterocycles. The van der Waals surface area contributed by atoms with Crippen molar-refractivity contribution < 1.29 is 19.4 Å². The van der Waals surface area contributed by atoms with Gasteiger partial charge in [-0.2, -0.15) is 5.26 Å². The average Bonchev–Trinajstić information content (AvgIpc) is 3.09. The molecule has 0 aromatic heterocycles. The number of ether oxygens (including phenoxy) is 1. The number of methoxy groups -OCH3 is 1. The van der Waals surface area contributed by atoms with Crippen LogP contribution in [-0.4, -0.2) is 23.9 Å².